The summed E-state index contributed by atoms with van der Waals surface area (Å²) in [4.78, 5) is 15.0. The number of aromatic nitrogens is 2. The summed E-state index contributed by atoms with van der Waals surface area (Å²) in [6, 6.07) is 7.38. The number of carbonyl (C=O) groups is 1. The lowest BCUT2D eigenvalue weighted by molar-refractivity contribution is 0.0684. The molecule has 0 aliphatic carbocycles. The maximum absolute atomic E-state index is 11.1. The molecule has 2 aromatic rings. The summed E-state index contributed by atoms with van der Waals surface area (Å²) < 4.78 is 6.89. The van der Waals surface area contributed by atoms with Crippen LogP contribution < -0.4 is 4.74 Å². The molecule has 1 heterocycles. The summed E-state index contributed by atoms with van der Waals surface area (Å²) in [7, 11) is 1.59. The monoisotopic (exact) mass is 246 g/mol. The van der Waals surface area contributed by atoms with Gasteiger partial charge in [-0.1, -0.05) is 18.2 Å². The van der Waals surface area contributed by atoms with Gasteiger partial charge in [0, 0.05) is 5.56 Å². The average Bonchev–Trinajstić information content (AvgIpc) is 2.87. The van der Waals surface area contributed by atoms with Gasteiger partial charge in [0.1, 0.15) is 11.4 Å². The summed E-state index contributed by atoms with van der Waals surface area (Å²) in [5, 5.41) is 9.08. The number of benzene rings is 1. The molecule has 94 valence electrons. The Labute approximate surface area is 105 Å². The average molecular weight is 246 g/mol. The van der Waals surface area contributed by atoms with Crippen molar-refractivity contribution in [3.05, 3.63) is 48.0 Å². The van der Waals surface area contributed by atoms with E-state index in [2.05, 4.69) is 4.98 Å². The maximum Gasteiger partial charge on any atom is 0.354 e. The zero-order valence-corrected chi connectivity index (χ0v) is 10.2. The third-order valence-electron chi connectivity index (χ3n) is 2.89. The molecule has 1 unspecified atom stereocenters. The van der Waals surface area contributed by atoms with Crippen LogP contribution in [0.25, 0.3) is 0 Å². The van der Waals surface area contributed by atoms with Crippen LogP contribution in [0.3, 0.4) is 0 Å². The molecule has 0 aliphatic rings. The molecule has 1 N–H and O–H groups in total. The fraction of sp³-hybridized carbons (Fsp3) is 0.231. The van der Waals surface area contributed by atoms with E-state index in [-0.39, 0.29) is 11.7 Å². The van der Waals surface area contributed by atoms with Crippen molar-refractivity contribution in [2.24, 2.45) is 0 Å². The van der Waals surface area contributed by atoms with Gasteiger partial charge < -0.3 is 14.4 Å². The summed E-state index contributed by atoms with van der Waals surface area (Å²) >= 11 is 0. The van der Waals surface area contributed by atoms with Crippen molar-refractivity contribution in [3.8, 4) is 5.75 Å². The molecule has 5 heteroatoms. The third-order valence-corrected chi connectivity index (χ3v) is 2.89. The molecule has 18 heavy (non-hydrogen) atoms. The summed E-state index contributed by atoms with van der Waals surface area (Å²) in [5.74, 6) is -0.260. The minimum absolute atomic E-state index is 0.158. The Bertz CT molecular complexity index is 563. The van der Waals surface area contributed by atoms with Gasteiger partial charge in [0.05, 0.1) is 25.7 Å². The first-order chi connectivity index (χ1) is 8.65. The molecular weight excluding hydrogens is 232 g/mol. The Morgan fingerprint density at radius 1 is 1.44 bits per heavy atom. The number of carboxylic acids is 1. The first kappa shape index (κ1) is 12.2. The lowest BCUT2D eigenvalue weighted by Gasteiger charge is -2.18. The van der Waals surface area contributed by atoms with Crippen LogP contribution in [0.1, 0.15) is 29.0 Å². The second-order valence-corrected chi connectivity index (χ2v) is 3.91. The molecule has 0 bridgehead atoms. The van der Waals surface area contributed by atoms with Crippen LogP contribution in [0.5, 0.6) is 5.75 Å². The Kier molecular flexibility index (Phi) is 3.32. The van der Waals surface area contributed by atoms with E-state index in [1.54, 1.807) is 11.7 Å². The van der Waals surface area contributed by atoms with E-state index in [0.29, 0.717) is 0 Å². The lowest BCUT2D eigenvalue weighted by atomic mass is 10.1. The minimum atomic E-state index is -0.991. The van der Waals surface area contributed by atoms with Crippen LogP contribution in [0, 0.1) is 0 Å². The zero-order valence-electron chi connectivity index (χ0n) is 10.2. The first-order valence-corrected chi connectivity index (χ1v) is 5.53. The van der Waals surface area contributed by atoms with Crippen molar-refractivity contribution in [1.82, 2.24) is 9.55 Å². The Hall–Kier alpha value is -2.30. The molecule has 0 radical (unpaired) electrons. The summed E-state index contributed by atoms with van der Waals surface area (Å²) in [6.07, 6.45) is 2.86. The molecule has 0 amide bonds. The van der Waals surface area contributed by atoms with Gasteiger partial charge >= 0.3 is 5.97 Å². The normalized spacial score (nSPS) is 12.1. The van der Waals surface area contributed by atoms with E-state index in [4.69, 9.17) is 9.84 Å². The molecule has 1 aromatic heterocycles. The van der Waals surface area contributed by atoms with Crippen LogP contribution in [-0.2, 0) is 0 Å². The third kappa shape index (κ3) is 2.07. The predicted molar refractivity (Wildman–Crippen MR) is 66.0 cm³/mol. The number of rotatable bonds is 4. The van der Waals surface area contributed by atoms with Crippen LogP contribution in [-0.4, -0.2) is 27.7 Å². The van der Waals surface area contributed by atoms with Gasteiger partial charge in [-0.3, -0.25) is 0 Å². The predicted octanol–water partition coefficient (Wildman–Crippen LogP) is 2.20. The quantitative estimate of drug-likeness (QED) is 0.898. The second-order valence-electron chi connectivity index (χ2n) is 3.91. The van der Waals surface area contributed by atoms with E-state index in [0.717, 1.165) is 11.3 Å². The zero-order chi connectivity index (χ0) is 13.1. The van der Waals surface area contributed by atoms with Crippen molar-refractivity contribution in [3.63, 3.8) is 0 Å². The van der Waals surface area contributed by atoms with Crippen molar-refractivity contribution in [2.75, 3.05) is 7.11 Å². The SMILES string of the molecule is COc1ccccc1C(C)n1cncc1C(=O)O. The molecule has 1 aromatic carbocycles. The fourth-order valence-electron chi connectivity index (χ4n) is 1.94. The van der Waals surface area contributed by atoms with E-state index >= 15 is 0 Å². The molecule has 1 atom stereocenters. The lowest BCUT2D eigenvalue weighted by Crippen LogP contribution is -2.13. The number of imidazole rings is 1. The summed E-state index contributed by atoms with van der Waals surface area (Å²) in [6.45, 7) is 1.91. The van der Waals surface area contributed by atoms with E-state index in [9.17, 15) is 4.79 Å². The molecular formula is C13H14N2O3. The van der Waals surface area contributed by atoms with E-state index in [1.807, 2.05) is 31.2 Å². The molecule has 5 nitrogen and oxygen atoms in total. The Morgan fingerprint density at radius 2 is 2.17 bits per heavy atom. The molecule has 0 saturated heterocycles. The van der Waals surface area contributed by atoms with Gasteiger partial charge in [0.15, 0.2) is 0 Å². The van der Waals surface area contributed by atoms with Gasteiger partial charge in [-0.05, 0) is 13.0 Å². The number of aromatic carboxylic acids is 1. The van der Waals surface area contributed by atoms with E-state index < -0.39 is 5.97 Å². The van der Waals surface area contributed by atoms with Crippen LogP contribution in [0.4, 0.5) is 0 Å². The molecule has 2 rings (SSSR count). The highest BCUT2D eigenvalue weighted by molar-refractivity contribution is 5.85. The largest absolute Gasteiger partial charge is 0.496 e. The fourth-order valence-corrected chi connectivity index (χ4v) is 1.94. The Morgan fingerprint density at radius 3 is 2.83 bits per heavy atom. The highest BCUT2D eigenvalue weighted by Crippen LogP contribution is 2.28. The summed E-state index contributed by atoms with van der Waals surface area (Å²) in [5.41, 5.74) is 1.08. The number of hydrogen-bond acceptors (Lipinski definition) is 3. The number of carboxylic acid groups (broad SMARTS) is 1. The van der Waals surface area contributed by atoms with Gasteiger partial charge in [0.2, 0.25) is 0 Å². The Balaban J connectivity index is 2.44. The maximum atomic E-state index is 11.1. The van der Waals surface area contributed by atoms with Crippen LogP contribution in [0.2, 0.25) is 0 Å². The van der Waals surface area contributed by atoms with Crippen molar-refractivity contribution in [1.29, 1.82) is 0 Å². The van der Waals surface area contributed by atoms with Crippen LogP contribution >= 0.6 is 0 Å². The molecule has 0 spiro atoms. The van der Waals surface area contributed by atoms with Gasteiger partial charge in [0.25, 0.3) is 0 Å². The number of hydrogen-bond donors (Lipinski definition) is 1. The van der Waals surface area contributed by atoms with Crippen molar-refractivity contribution < 1.29 is 14.6 Å². The highest BCUT2D eigenvalue weighted by atomic mass is 16.5. The highest BCUT2D eigenvalue weighted by Gasteiger charge is 2.18. The smallest absolute Gasteiger partial charge is 0.354 e. The van der Waals surface area contributed by atoms with E-state index in [1.165, 1.54) is 12.5 Å². The number of ether oxygens (including phenoxy) is 1. The minimum Gasteiger partial charge on any atom is -0.496 e. The van der Waals surface area contributed by atoms with Crippen molar-refractivity contribution >= 4 is 5.97 Å². The molecule has 0 fully saturated rings. The second kappa shape index (κ2) is 4.91. The topological polar surface area (TPSA) is 64.4 Å². The number of nitrogens with zero attached hydrogens (tertiary/aromatic N) is 2. The number of para-hydroxylation sites is 1. The van der Waals surface area contributed by atoms with Crippen molar-refractivity contribution in [2.45, 2.75) is 13.0 Å². The first-order valence-electron chi connectivity index (χ1n) is 5.53. The molecule has 0 saturated carbocycles. The van der Waals surface area contributed by atoms with Gasteiger partial charge in [-0.25, -0.2) is 9.78 Å². The van der Waals surface area contributed by atoms with Gasteiger partial charge in [-0.2, -0.15) is 0 Å². The van der Waals surface area contributed by atoms with Gasteiger partial charge in [-0.15, -0.1) is 0 Å². The molecule has 0 aliphatic heterocycles. The van der Waals surface area contributed by atoms with Crippen LogP contribution in [0.15, 0.2) is 36.8 Å². The number of methoxy groups -OCH3 is 1. The standard InChI is InChI=1S/C13H14N2O3/c1-9(10-5-3-4-6-12(10)18-2)15-8-14-7-11(15)13(16)17/h3-9H,1-2H3,(H,16,17).